The molecule has 1 saturated heterocycles. The summed E-state index contributed by atoms with van der Waals surface area (Å²) in [7, 11) is 0. The van der Waals surface area contributed by atoms with Gasteiger partial charge in [-0.1, -0.05) is 0 Å². The smallest absolute Gasteiger partial charge is 0.115 e. The summed E-state index contributed by atoms with van der Waals surface area (Å²) in [6.07, 6.45) is -1.36. The molecule has 4 heteroatoms. The predicted octanol–water partition coefficient (Wildman–Crippen LogP) is 2.13. The van der Waals surface area contributed by atoms with E-state index in [1.165, 1.54) is 0 Å². The molecule has 0 aromatic rings. The maximum absolute atomic E-state index is 10.1. The Labute approximate surface area is 111 Å². The van der Waals surface area contributed by atoms with E-state index in [9.17, 15) is 5.11 Å². The molecule has 1 N–H and O–H groups in total. The first kappa shape index (κ1) is 15.9. The maximum Gasteiger partial charge on any atom is 0.115 e. The van der Waals surface area contributed by atoms with Gasteiger partial charge in [0.1, 0.15) is 18.3 Å². The van der Waals surface area contributed by atoms with Crippen LogP contribution >= 0.6 is 0 Å². The van der Waals surface area contributed by atoms with Gasteiger partial charge in [-0.25, -0.2) is 0 Å². The van der Waals surface area contributed by atoms with Gasteiger partial charge in [0.25, 0.3) is 0 Å². The summed E-state index contributed by atoms with van der Waals surface area (Å²) in [5.41, 5.74) is -0.522. The molecule has 0 aromatic heterocycles. The third-order valence-electron chi connectivity index (χ3n) is 2.74. The van der Waals surface area contributed by atoms with Crippen LogP contribution in [0.25, 0.3) is 0 Å². The maximum atomic E-state index is 10.1. The van der Waals surface area contributed by atoms with E-state index < -0.39 is 6.10 Å². The van der Waals surface area contributed by atoms with Crippen LogP contribution in [-0.2, 0) is 14.2 Å². The fourth-order valence-corrected chi connectivity index (χ4v) is 1.94. The van der Waals surface area contributed by atoms with Crippen LogP contribution in [-0.4, -0.2) is 47.3 Å². The fourth-order valence-electron chi connectivity index (χ4n) is 1.94. The first-order valence-electron chi connectivity index (χ1n) is 6.65. The van der Waals surface area contributed by atoms with Gasteiger partial charge in [-0.15, -0.1) is 0 Å². The minimum Gasteiger partial charge on any atom is -0.388 e. The molecular formula is C14H28O4. The highest BCUT2D eigenvalue weighted by molar-refractivity contribution is 4.91. The Balaban J connectivity index is 2.64. The van der Waals surface area contributed by atoms with Crippen LogP contribution in [0.1, 0.15) is 48.5 Å². The van der Waals surface area contributed by atoms with Gasteiger partial charge in [-0.3, -0.25) is 0 Å². The zero-order chi connectivity index (χ0) is 14.1. The molecule has 0 aromatic carbocycles. The molecule has 1 fully saturated rings. The van der Waals surface area contributed by atoms with E-state index in [2.05, 4.69) is 0 Å². The van der Waals surface area contributed by atoms with Gasteiger partial charge in [0.15, 0.2) is 0 Å². The third kappa shape index (κ3) is 4.84. The second-order valence-corrected chi connectivity index (χ2v) is 6.99. The Bertz CT molecular complexity index is 264. The summed E-state index contributed by atoms with van der Waals surface area (Å²) in [6, 6.07) is 0. The van der Waals surface area contributed by atoms with E-state index >= 15 is 0 Å². The fraction of sp³-hybridized carbons (Fsp3) is 1.00. The molecule has 0 saturated carbocycles. The number of aliphatic hydroxyl groups is 1. The molecule has 0 amide bonds. The van der Waals surface area contributed by atoms with Crippen molar-refractivity contribution in [3.8, 4) is 0 Å². The van der Waals surface area contributed by atoms with Crippen molar-refractivity contribution in [1.82, 2.24) is 0 Å². The molecule has 1 rings (SSSR count). The summed E-state index contributed by atoms with van der Waals surface area (Å²) in [6.45, 7) is 14.2. The minimum absolute atomic E-state index is 0.214. The molecule has 0 aliphatic carbocycles. The second kappa shape index (κ2) is 5.45. The number of ether oxygens (including phenoxy) is 3. The highest BCUT2D eigenvalue weighted by Gasteiger charge is 2.44. The van der Waals surface area contributed by atoms with E-state index in [1.54, 1.807) is 0 Å². The van der Waals surface area contributed by atoms with Gasteiger partial charge in [-0.2, -0.15) is 0 Å². The Morgan fingerprint density at radius 3 is 2.06 bits per heavy atom. The first-order valence-corrected chi connectivity index (χ1v) is 6.65. The lowest BCUT2D eigenvalue weighted by Gasteiger charge is -2.30. The number of hydrogen-bond acceptors (Lipinski definition) is 4. The zero-order valence-electron chi connectivity index (χ0n) is 12.7. The number of aliphatic hydroxyl groups excluding tert-OH is 1. The molecule has 1 unspecified atom stereocenters. The van der Waals surface area contributed by atoms with Gasteiger partial charge < -0.3 is 19.3 Å². The van der Waals surface area contributed by atoms with Gasteiger partial charge in [-0.05, 0) is 48.5 Å². The first-order chi connectivity index (χ1) is 7.99. The van der Waals surface area contributed by atoms with Crippen LogP contribution in [0, 0.1) is 0 Å². The van der Waals surface area contributed by atoms with Crippen LogP contribution in [0.2, 0.25) is 0 Å². The molecule has 4 atom stereocenters. The number of hydrogen-bond donors (Lipinski definition) is 1. The summed E-state index contributed by atoms with van der Waals surface area (Å²) < 4.78 is 17.4. The molecule has 4 nitrogen and oxygen atoms in total. The van der Waals surface area contributed by atoms with Crippen LogP contribution in [0.5, 0.6) is 0 Å². The van der Waals surface area contributed by atoms with Crippen molar-refractivity contribution >= 4 is 0 Å². The third-order valence-corrected chi connectivity index (χ3v) is 2.74. The predicted molar refractivity (Wildman–Crippen MR) is 70.7 cm³/mol. The summed E-state index contributed by atoms with van der Waals surface area (Å²) >= 11 is 0. The topological polar surface area (TPSA) is 47.9 Å². The highest BCUT2D eigenvalue weighted by atomic mass is 16.6. The Kier molecular flexibility index (Phi) is 4.81. The van der Waals surface area contributed by atoms with Gasteiger partial charge in [0.2, 0.25) is 0 Å². The van der Waals surface area contributed by atoms with Gasteiger partial charge in [0, 0.05) is 0 Å². The normalized spacial score (nSPS) is 34.0. The average molecular weight is 260 g/mol. The second-order valence-electron chi connectivity index (χ2n) is 6.99. The SMILES string of the molecule is C[C@H]1O[C@H](COC(C)(C)C)[C@H](OC(C)(C)C)C1O. The zero-order valence-corrected chi connectivity index (χ0v) is 12.7. The van der Waals surface area contributed by atoms with Crippen molar-refractivity contribution < 1.29 is 19.3 Å². The van der Waals surface area contributed by atoms with E-state index in [4.69, 9.17) is 14.2 Å². The quantitative estimate of drug-likeness (QED) is 0.844. The van der Waals surface area contributed by atoms with Crippen LogP contribution in [0.3, 0.4) is 0 Å². The van der Waals surface area contributed by atoms with Crippen LogP contribution in [0.4, 0.5) is 0 Å². The largest absolute Gasteiger partial charge is 0.388 e. The molecule has 0 bridgehead atoms. The monoisotopic (exact) mass is 260 g/mol. The molecular weight excluding hydrogens is 232 g/mol. The molecule has 1 aliphatic heterocycles. The Morgan fingerprint density at radius 2 is 1.61 bits per heavy atom. The lowest BCUT2D eigenvalue weighted by molar-refractivity contribution is -0.137. The molecule has 0 radical (unpaired) electrons. The summed E-state index contributed by atoms with van der Waals surface area (Å²) in [5.74, 6) is 0. The van der Waals surface area contributed by atoms with Crippen molar-refractivity contribution in [3.05, 3.63) is 0 Å². The van der Waals surface area contributed by atoms with Crippen molar-refractivity contribution in [2.24, 2.45) is 0 Å². The van der Waals surface area contributed by atoms with E-state index in [0.717, 1.165) is 0 Å². The van der Waals surface area contributed by atoms with Crippen molar-refractivity contribution in [3.63, 3.8) is 0 Å². The van der Waals surface area contributed by atoms with Crippen molar-refractivity contribution in [2.45, 2.75) is 84.1 Å². The lowest BCUT2D eigenvalue weighted by atomic mass is 10.1. The molecule has 0 spiro atoms. The van der Waals surface area contributed by atoms with E-state index in [1.807, 2.05) is 48.5 Å². The van der Waals surface area contributed by atoms with Crippen molar-refractivity contribution in [1.29, 1.82) is 0 Å². The molecule has 18 heavy (non-hydrogen) atoms. The summed E-state index contributed by atoms with van der Waals surface area (Å²) in [4.78, 5) is 0. The molecule has 108 valence electrons. The minimum atomic E-state index is -0.599. The lowest BCUT2D eigenvalue weighted by Crippen LogP contribution is -2.42. The van der Waals surface area contributed by atoms with Crippen molar-refractivity contribution in [2.75, 3.05) is 6.61 Å². The van der Waals surface area contributed by atoms with Crippen LogP contribution in [0.15, 0.2) is 0 Å². The van der Waals surface area contributed by atoms with E-state index in [-0.39, 0.29) is 29.5 Å². The van der Waals surface area contributed by atoms with Gasteiger partial charge in [0.05, 0.1) is 23.9 Å². The van der Waals surface area contributed by atoms with E-state index in [0.29, 0.717) is 6.61 Å². The average Bonchev–Trinajstić information content (AvgIpc) is 2.39. The Hall–Kier alpha value is -0.160. The standard InChI is InChI=1S/C14H28O4/c1-9-11(15)12(18-14(5,6)7)10(17-9)8-16-13(2,3)4/h9-12,15H,8H2,1-7H3/t9-,10-,11?,12+/m1/s1. The Morgan fingerprint density at radius 1 is 1.06 bits per heavy atom. The van der Waals surface area contributed by atoms with Gasteiger partial charge >= 0.3 is 0 Å². The summed E-state index contributed by atoms with van der Waals surface area (Å²) in [5, 5.41) is 10.1. The molecule has 1 aliphatic rings. The number of rotatable bonds is 3. The van der Waals surface area contributed by atoms with Crippen LogP contribution < -0.4 is 0 Å². The molecule has 1 heterocycles. The highest BCUT2D eigenvalue weighted by Crippen LogP contribution is 2.28.